The average molecular weight is 461 g/mol. The molecule has 0 radical (unpaired) electrons. The van der Waals surface area contributed by atoms with E-state index in [1.807, 2.05) is 18.4 Å². The van der Waals surface area contributed by atoms with Crippen LogP contribution in [-0.2, 0) is 9.53 Å². The van der Waals surface area contributed by atoms with Gasteiger partial charge in [0.1, 0.15) is 18.5 Å². The second-order valence-corrected chi connectivity index (χ2v) is 8.29. The van der Waals surface area contributed by atoms with E-state index < -0.39 is 23.5 Å². The van der Waals surface area contributed by atoms with Gasteiger partial charge in [0, 0.05) is 22.1 Å². The number of aliphatic hydroxyl groups is 1. The largest absolute Gasteiger partial charge is 0.491 e. The quantitative estimate of drug-likeness (QED) is 0.182. The smallest absolute Gasteiger partial charge is 0.412 e. The monoisotopic (exact) mass is 460 g/mol. The number of aliphatic hydroxyl groups excluding tert-OH is 1. The van der Waals surface area contributed by atoms with Crippen LogP contribution in [0.25, 0.3) is 0 Å². The summed E-state index contributed by atoms with van der Waals surface area (Å²) in [7, 11) is 0. The predicted molar refractivity (Wildman–Crippen MR) is 123 cm³/mol. The molecule has 0 aliphatic heterocycles. The predicted octanol–water partition coefficient (Wildman–Crippen LogP) is 4.16. The zero-order valence-corrected chi connectivity index (χ0v) is 19.0. The first-order valence-corrected chi connectivity index (χ1v) is 11.1. The zero-order valence-electron chi connectivity index (χ0n) is 18.2. The molecule has 0 saturated carbocycles. The summed E-state index contributed by atoms with van der Waals surface area (Å²) in [5.74, 6) is -0.129. The molecule has 1 atom stereocenters. The second-order valence-electron chi connectivity index (χ2n) is 7.41. The highest BCUT2D eigenvalue weighted by atomic mass is 32.2. The molecule has 0 heterocycles. The zero-order chi connectivity index (χ0) is 23.6. The number of anilines is 1. The number of carbonyl (C=O) groups excluding carboxylic acids is 2. The van der Waals surface area contributed by atoms with Crippen molar-refractivity contribution in [1.82, 2.24) is 5.48 Å². The third-order valence-electron chi connectivity index (χ3n) is 4.55. The highest BCUT2D eigenvalue weighted by molar-refractivity contribution is 7.98. The molecule has 2 amide bonds. The molecule has 9 heteroatoms. The summed E-state index contributed by atoms with van der Waals surface area (Å²) < 4.78 is 11.1. The van der Waals surface area contributed by atoms with E-state index in [9.17, 15) is 9.59 Å². The van der Waals surface area contributed by atoms with Gasteiger partial charge in [0.25, 0.3) is 5.91 Å². The molecule has 2 aromatic carbocycles. The normalized spacial score (nSPS) is 12.3. The molecular formula is C23H28N2O6S. The molecule has 0 aliphatic carbocycles. The number of carbonyl (C=O) groups is 2. The molecule has 0 bridgehead atoms. The summed E-state index contributed by atoms with van der Waals surface area (Å²) in [6, 6.07) is 14.3. The number of hydrogen-bond acceptors (Lipinski definition) is 7. The van der Waals surface area contributed by atoms with Gasteiger partial charge in [-0.1, -0.05) is 32.1 Å². The molecule has 2 rings (SSSR count). The Balaban J connectivity index is 2.25. The first-order chi connectivity index (χ1) is 15.3. The van der Waals surface area contributed by atoms with E-state index in [0.717, 1.165) is 4.90 Å². The van der Waals surface area contributed by atoms with Crippen molar-refractivity contribution in [2.24, 2.45) is 5.41 Å². The lowest BCUT2D eigenvalue weighted by Crippen LogP contribution is -2.28. The Morgan fingerprint density at radius 2 is 1.78 bits per heavy atom. The third-order valence-corrected chi connectivity index (χ3v) is 5.30. The number of ether oxygens (including phenoxy) is 2. The van der Waals surface area contributed by atoms with Gasteiger partial charge in [0.15, 0.2) is 0 Å². The van der Waals surface area contributed by atoms with E-state index in [-0.39, 0.29) is 13.2 Å². The first-order valence-electron chi connectivity index (χ1n) is 9.87. The van der Waals surface area contributed by atoms with E-state index in [0.29, 0.717) is 17.0 Å². The number of benzene rings is 2. The van der Waals surface area contributed by atoms with Gasteiger partial charge in [0.05, 0.1) is 6.61 Å². The summed E-state index contributed by atoms with van der Waals surface area (Å²) in [5, 5.41) is 20.4. The topological polar surface area (TPSA) is 117 Å². The van der Waals surface area contributed by atoms with Crippen molar-refractivity contribution >= 4 is 29.4 Å². The van der Waals surface area contributed by atoms with E-state index in [1.54, 1.807) is 73.6 Å². The molecule has 0 aliphatic rings. The van der Waals surface area contributed by atoms with Crippen LogP contribution >= 0.6 is 11.8 Å². The molecule has 0 aromatic heterocycles. The number of hydroxylamine groups is 1. The lowest BCUT2D eigenvalue weighted by Gasteiger charge is -2.31. The number of rotatable bonds is 10. The Hall–Kier alpha value is -3.01. The van der Waals surface area contributed by atoms with Crippen LogP contribution in [0.1, 0.15) is 25.5 Å². The molecule has 4 N–H and O–H groups in total. The van der Waals surface area contributed by atoms with Crippen LogP contribution in [-0.4, -0.2) is 41.8 Å². The summed E-state index contributed by atoms with van der Waals surface area (Å²) in [4.78, 5) is 25.2. The standard InChI is InChI=1S/C23H28N2O6S/c1-23(2,13-12-20(27)25-29)21(16-4-8-18(9-5-16)30-15-14-26)31-22(28)24-17-6-10-19(32-3)11-7-17/h4-13,21,26,29H,14-15H2,1-3H3,(H,24,28)(H,25,27)/b13-12+/t21-/m0/s1. The molecule has 32 heavy (non-hydrogen) atoms. The van der Waals surface area contributed by atoms with Gasteiger partial charge in [-0.15, -0.1) is 11.8 Å². The molecule has 172 valence electrons. The number of nitrogens with one attached hydrogen (secondary N) is 2. The van der Waals surface area contributed by atoms with E-state index in [1.165, 1.54) is 6.08 Å². The maximum Gasteiger partial charge on any atom is 0.412 e. The van der Waals surface area contributed by atoms with Crippen molar-refractivity contribution in [3.63, 3.8) is 0 Å². The van der Waals surface area contributed by atoms with Crippen LogP contribution in [0.4, 0.5) is 10.5 Å². The van der Waals surface area contributed by atoms with Crippen molar-refractivity contribution in [1.29, 1.82) is 0 Å². The summed E-state index contributed by atoms with van der Waals surface area (Å²) in [6.07, 6.45) is 3.28. The van der Waals surface area contributed by atoms with Crippen molar-refractivity contribution in [3.05, 3.63) is 66.2 Å². The van der Waals surface area contributed by atoms with Gasteiger partial charge in [-0.25, -0.2) is 10.3 Å². The second kappa shape index (κ2) is 12.1. The fraction of sp³-hybridized carbons (Fsp3) is 0.304. The molecular weight excluding hydrogens is 432 g/mol. The average Bonchev–Trinajstić information content (AvgIpc) is 2.80. The maximum absolute atomic E-state index is 12.7. The van der Waals surface area contributed by atoms with Crippen LogP contribution in [0, 0.1) is 5.41 Å². The molecule has 0 saturated heterocycles. The lowest BCUT2D eigenvalue weighted by atomic mass is 9.82. The van der Waals surface area contributed by atoms with Gasteiger partial charge in [0.2, 0.25) is 0 Å². The summed E-state index contributed by atoms with van der Waals surface area (Å²) in [6.45, 7) is 3.67. The SMILES string of the molecule is CSc1ccc(NC(=O)O[C@@H](c2ccc(OCCO)cc2)C(C)(C)/C=C/C(=O)NO)cc1. The minimum Gasteiger partial charge on any atom is -0.491 e. The molecule has 8 nitrogen and oxygen atoms in total. The Bertz CT molecular complexity index is 913. The number of amides is 2. The van der Waals surface area contributed by atoms with Crippen LogP contribution in [0.3, 0.4) is 0 Å². The fourth-order valence-electron chi connectivity index (χ4n) is 2.90. The molecule has 0 unspecified atom stereocenters. The Morgan fingerprint density at radius 1 is 1.12 bits per heavy atom. The van der Waals surface area contributed by atoms with Gasteiger partial charge < -0.3 is 14.6 Å². The minimum atomic E-state index is -0.806. The van der Waals surface area contributed by atoms with E-state index in [4.69, 9.17) is 19.8 Å². The lowest BCUT2D eigenvalue weighted by molar-refractivity contribution is -0.124. The van der Waals surface area contributed by atoms with Crippen LogP contribution in [0.15, 0.2) is 65.6 Å². The van der Waals surface area contributed by atoms with Gasteiger partial charge in [-0.2, -0.15) is 0 Å². The van der Waals surface area contributed by atoms with E-state index >= 15 is 0 Å². The molecule has 2 aromatic rings. The summed E-state index contributed by atoms with van der Waals surface area (Å²) >= 11 is 1.60. The van der Waals surface area contributed by atoms with Gasteiger partial charge in [-0.05, 0) is 48.2 Å². The van der Waals surface area contributed by atoms with Crippen LogP contribution < -0.4 is 15.5 Å². The highest BCUT2D eigenvalue weighted by Gasteiger charge is 2.32. The van der Waals surface area contributed by atoms with Crippen LogP contribution in [0.2, 0.25) is 0 Å². The van der Waals surface area contributed by atoms with Crippen molar-refractivity contribution in [3.8, 4) is 5.75 Å². The number of hydrogen-bond donors (Lipinski definition) is 4. The van der Waals surface area contributed by atoms with E-state index in [2.05, 4.69) is 5.32 Å². The summed E-state index contributed by atoms with van der Waals surface area (Å²) in [5.41, 5.74) is 2.00. The highest BCUT2D eigenvalue weighted by Crippen LogP contribution is 2.39. The maximum atomic E-state index is 12.7. The van der Waals surface area contributed by atoms with Gasteiger partial charge >= 0.3 is 6.09 Å². The Labute approximate surface area is 191 Å². The van der Waals surface area contributed by atoms with Gasteiger partial charge in [-0.3, -0.25) is 15.3 Å². The van der Waals surface area contributed by atoms with Crippen molar-refractivity contribution < 1.29 is 29.4 Å². The van der Waals surface area contributed by atoms with Crippen molar-refractivity contribution in [2.75, 3.05) is 24.8 Å². The fourth-order valence-corrected chi connectivity index (χ4v) is 3.30. The Kier molecular flexibility index (Phi) is 9.58. The third kappa shape index (κ3) is 7.60. The first kappa shape index (κ1) is 25.3. The molecule has 0 fully saturated rings. The number of thioether (sulfide) groups is 1. The van der Waals surface area contributed by atoms with Crippen LogP contribution in [0.5, 0.6) is 5.75 Å². The Morgan fingerprint density at radius 3 is 2.34 bits per heavy atom. The minimum absolute atomic E-state index is 0.101. The molecule has 0 spiro atoms. The van der Waals surface area contributed by atoms with Crippen molar-refractivity contribution in [2.45, 2.75) is 24.8 Å².